The Hall–Kier alpha value is -1.88. The van der Waals surface area contributed by atoms with Crippen LogP contribution in [0.3, 0.4) is 0 Å². The first-order valence-electron chi connectivity index (χ1n) is 8.32. The summed E-state index contributed by atoms with van der Waals surface area (Å²) < 4.78 is 18.7. The van der Waals surface area contributed by atoms with Gasteiger partial charge in [-0.15, -0.1) is 11.3 Å². The van der Waals surface area contributed by atoms with Crippen molar-refractivity contribution < 1.29 is 13.9 Å². The van der Waals surface area contributed by atoms with Gasteiger partial charge in [0.25, 0.3) is 0 Å². The molecule has 0 saturated carbocycles. The monoisotopic (exact) mass is 347 g/mol. The van der Waals surface area contributed by atoms with Crippen molar-refractivity contribution >= 4 is 17.2 Å². The zero-order chi connectivity index (χ0) is 17.1. The van der Waals surface area contributed by atoms with Gasteiger partial charge in [0.1, 0.15) is 0 Å². The highest BCUT2D eigenvalue weighted by atomic mass is 32.1. The molecule has 1 unspecified atom stereocenters. The van der Waals surface area contributed by atoms with Crippen molar-refractivity contribution in [3.05, 3.63) is 51.5 Å². The second-order valence-electron chi connectivity index (χ2n) is 6.03. The van der Waals surface area contributed by atoms with Gasteiger partial charge in [0.2, 0.25) is 5.91 Å². The molecule has 128 valence electrons. The minimum Gasteiger partial charge on any atom is -0.494 e. The Morgan fingerprint density at radius 1 is 1.42 bits per heavy atom. The molecule has 0 saturated heterocycles. The molecule has 0 aliphatic carbocycles. The Kier molecular flexibility index (Phi) is 5.19. The van der Waals surface area contributed by atoms with Crippen molar-refractivity contribution in [2.24, 2.45) is 0 Å². The van der Waals surface area contributed by atoms with E-state index in [0.717, 1.165) is 24.9 Å². The summed E-state index contributed by atoms with van der Waals surface area (Å²) in [6, 6.07) is 7.21. The number of halogens is 1. The maximum Gasteiger partial charge on any atom is 0.223 e. The van der Waals surface area contributed by atoms with Crippen molar-refractivity contribution in [3.8, 4) is 5.75 Å². The molecule has 0 radical (unpaired) electrons. The summed E-state index contributed by atoms with van der Waals surface area (Å²) in [5, 5.41) is 2.11. The molecule has 5 heteroatoms. The number of aryl methyl sites for hydroxylation is 1. The van der Waals surface area contributed by atoms with Crippen molar-refractivity contribution in [2.45, 2.75) is 38.6 Å². The molecule has 2 heterocycles. The molecular formula is C19H22FNO2S. The summed E-state index contributed by atoms with van der Waals surface area (Å²) in [6.07, 6.45) is 2.81. The molecule has 1 amide bonds. The Morgan fingerprint density at radius 2 is 2.25 bits per heavy atom. The minimum atomic E-state index is -0.380. The highest BCUT2D eigenvalue weighted by Gasteiger charge is 2.29. The quantitative estimate of drug-likeness (QED) is 0.804. The van der Waals surface area contributed by atoms with Gasteiger partial charge in [-0.3, -0.25) is 4.79 Å². The summed E-state index contributed by atoms with van der Waals surface area (Å²) in [4.78, 5) is 16.1. The van der Waals surface area contributed by atoms with Crippen LogP contribution < -0.4 is 4.74 Å². The van der Waals surface area contributed by atoms with Crippen LogP contribution in [-0.2, 0) is 17.6 Å². The standard InChI is InChI=1S/C19H22FNO2S/c1-3-16-14-9-11-24-18(14)8-10-21(16)19(22)7-5-13-4-6-17(23-2)15(20)12-13/h4,6,9,11-12,16H,3,5,7-8,10H2,1-2H3. The van der Waals surface area contributed by atoms with Crippen molar-refractivity contribution in [2.75, 3.05) is 13.7 Å². The van der Waals surface area contributed by atoms with Crippen molar-refractivity contribution in [1.29, 1.82) is 0 Å². The highest BCUT2D eigenvalue weighted by molar-refractivity contribution is 7.10. The molecule has 0 N–H and O–H groups in total. The molecule has 1 atom stereocenters. The zero-order valence-electron chi connectivity index (χ0n) is 14.0. The van der Waals surface area contributed by atoms with E-state index in [-0.39, 0.29) is 23.5 Å². The first-order valence-corrected chi connectivity index (χ1v) is 9.20. The average Bonchev–Trinajstić information content (AvgIpc) is 3.07. The highest BCUT2D eigenvalue weighted by Crippen LogP contribution is 2.35. The van der Waals surface area contributed by atoms with Gasteiger partial charge in [0.15, 0.2) is 11.6 Å². The topological polar surface area (TPSA) is 29.5 Å². The van der Waals surface area contributed by atoms with Crippen LogP contribution in [0.4, 0.5) is 4.39 Å². The lowest BCUT2D eigenvalue weighted by Gasteiger charge is -2.35. The molecule has 1 aliphatic rings. The van der Waals surface area contributed by atoms with E-state index in [2.05, 4.69) is 18.4 Å². The number of carbonyl (C=O) groups excluding carboxylic acids is 1. The van der Waals surface area contributed by atoms with E-state index in [1.54, 1.807) is 17.4 Å². The lowest BCUT2D eigenvalue weighted by atomic mass is 9.97. The SMILES string of the molecule is CCC1c2ccsc2CCN1C(=O)CCc1ccc(OC)c(F)c1. The molecule has 0 spiro atoms. The lowest BCUT2D eigenvalue weighted by Crippen LogP contribution is -2.39. The maximum atomic E-state index is 13.8. The summed E-state index contributed by atoms with van der Waals surface area (Å²) in [7, 11) is 1.45. The third-order valence-corrected chi connectivity index (χ3v) is 5.64. The number of nitrogens with zero attached hydrogens (tertiary/aromatic N) is 1. The second-order valence-corrected chi connectivity index (χ2v) is 7.03. The van der Waals surface area contributed by atoms with Crippen LogP contribution >= 0.6 is 11.3 Å². The molecule has 3 rings (SSSR count). The first kappa shape index (κ1) is 17.0. The summed E-state index contributed by atoms with van der Waals surface area (Å²) in [5.41, 5.74) is 2.13. The fourth-order valence-corrected chi connectivity index (χ4v) is 4.32. The summed E-state index contributed by atoms with van der Waals surface area (Å²) in [5.74, 6) is 0.00170. The third-order valence-electron chi connectivity index (χ3n) is 4.65. The molecule has 1 aromatic carbocycles. The van der Waals surface area contributed by atoms with Crippen molar-refractivity contribution in [1.82, 2.24) is 4.90 Å². The Balaban J connectivity index is 1.66. The largest absolute Gasteiger partial charge is 0.494 e. The van der Waals surface area contributed by atoms with E-state index in [0.29, 0.717) is 12.8 Å². The zero-order valence-corrected chi connectivity index (χ0v) is 14.9. The predicted octanol–water partition coefficient (Wildman–Crippen LogP) is 4.36. The first-order chi connectivity index (χ1) is 11.6. The van der Waals surface area contributed by atoms with Crippen LogP contribution in [-0.4, -0.2) is 24.5 Å². The molecular weight excluding hydrogens is 325 g/mol. The fourth-order valence-electron chi connectivity index (χ4n) is 3.40. The third kappa shape index (κ3) is 3.31. The molecule has 0 fully saturated rings. The summed E-state index contributed by atoms with van der Waals surface area (Å²) in [6.45, 7) is 2.90. The van der Waals surface area contributed by atoms with Crippen molar-refractivity contribution in [3.63, 3.8) is 0 Å². The molecule has 0 bridgehead atoms. The van der Waals surface area contributed by atoms with Crippen LogP contribution in [0.1, 0.15) is 41.8 Å². The van der Waals surface area contributed by atoms with Gasteiger partial charge >= 0.3 is 0 Å². The van der Waals surface area contributed by atoms with Gasteiger partial charge in [-0.25, -0.2) is 4.39 Å². The number of hydrogen-bond donors (Lipinski definition) is 0. The van der Waals surface area contributed by atoms with Crippen LogP contribution in [0.2, 0.25) is 0 Å². The lowest BCUT2D eigenvalue weighted by molar-refractivity contribution is -0.134. The fraction of sp³-hybridized carbons (Fsp3) is 0.421. The van der Waals surface area contributed by atoms with E-state index in [1.165, 1.54) is 23.6 Å². The summed E-state index contributed by atoms with van der Waals surface area (Å²) >= 11 is 1.78. The smallest absolute Gasteiger partial charge is 0.223 e. The molecule has 24 heavy (non-hydrogen) atoms. The van der Waals surface area contributed by atoms with Crippen LogP contribution in [0.15, 0.2) is 29.6 Å². The Morgan fingerprint density at radius 3 is 2.96 bits per heavy atom. The number of thiophene rings is 1. The number of rotatable bonds is 5. The van der Waals surface area contributed by atoms with E-state index < -0.39 is 0 Å². The van der Waals surface area contributed by atoms with E-state index in [9.17, 15) is 9.18 Å². The minimum absolute atomic E-state index is 0.148. The number of ether oxygens (including phenoxy) is 1. The van der Waals surface area contributed by atoms with Crippen LogP contribution in [0.5, 0.6) is 5.75 Å². The van der Waals surface area contributed by atoms with Crippen LogP contribution in [0.25, 0.3) is 0 Å². The number of fused-ring (bicyclic) bond motifs is 1. The van der Waals surface area contributed by atoms with E-state index >= 15 is 0 Å². The second kappa shape index (κ2) is 7.34. The number of amides is 1. The Labute approximate surface area is 146 Å². The number of hydrogen-bond acceptors (Lipinski definition) is 3. The number of methoxy groups -OCH3 is 1. The van der Waals surface area contributed by atoms with Crippen LogP contribution in [0, 0.1) is 5.82 Å². The molecule has 2 aromatic rings. The molecule has 3 nitrogen and oxygen atoms in total. The molecule has 1 aromatic heterocycles. The maximum absolute atomic E-state index is 13.8. The Bertz CT molecular complexity index is 728. The molecule has 1 aliphatic heterocycles. The van der Waals surface area contributed by atoms with Gasteiger partial charge < -0.3 is 9.64 Å². The van der Waals surface area contributed by atoms with Gasteiger partial charge in [0.05, 0.1) is 13.2 Å². The number of benzene rings is 1. The van der Waals surface area contributed by atoms with E-state index in [1.807, 2.05) is 11.0 Å². The normalized spacial score (nSPS) is 16.8. The van der Waals surface area contributed by atoms with E-state index in [4.69, 9.17) is 4.74 Å². The van der Waals surface area contributed by atoms with Gasteiger partial charge in [-0.2, -0.15) is 0 Å². The van der Waals surface area contributed by atoms with Gasteiger partial charge in [0, 0.05) is 17.8 Å². The van der Waals surface area contributed by atoms with Gasteiger partial charge in [-0.05, 0) is 54.0 Å². The number of carbonyl (C=O) groups is 1. The van der Waals surface area contributed by atoms with Gasteiger partial charge in [-0.1, -0.05) is 13.0 Å². The predicted molar refractivity (Wildman–Crippen MR) is 94.0 cm³/mol. The average molecular weight is 347 g/mol.